The van der Waals surface area contributed by atoms with Crippen molar-refractivity contribution in [1.29, 1.82) is 0 Å². The van der Waals surface area contributed by atoms with Crippen LogP contribution in [-0.4, -0.2) is 55.7 Å². The van der Waals surface area contributed by atoms with Crippen LogP contribution in [0.15, 0.2) is 60.0 Å². The van der Waals surface area contributed by atoms with Crippen LogP contribution in [0.25, 0.3) is 0 Å². The zero-order valence-corrected chi connectivity index (χ0v) is 26.9. The van der Waals surface area contributed by atoms with Gasteiger partial charge in [-0.05, 0) is 72.2 Å². The molecule has 216 valence electrons. The van der Waals surface area contributed by atoms with Gasteiger partial charge in [0.1, 0.15) is 17.2 Å². The Bertz CT molecular complexity index is 1590. The molecule has 1 saturated heterocycles. The number of halogens is 4. The summed E-state index contributed by atoms with van der Waals surface area (Å²) in [6, 6.07) is 13.4. The number of imide groups is 1. The Labute approximate surface area is 271 Å². The number of ketones is 1. The number of Topliss-reactive ketones (excluding diaryl/α,β-unsaturated/α-hetero) is 1. The maximum atomic E-state index is 13.8. The van der Waals surface area contributed by atoms with Gasteiger partial charge in [0.2, 0.25) is 0 Å². The molecule has 3 aliphatic rings. The van der Waals surface area contributed by atoms with E-state index < -0.39 is 47.9 Å². The molecule has 3 aromatic rings. The van der Waals surface area contributed by atoms with E-state index in [1.165, 1.54) is 53.8 Å². The van der Waals surface area contributed by atoms with Crippen molar-refractivity contribution in [3.63, 3.8) is 0 Å². The molecule has 2 bridgehead atoms. The average Bonchev–Trinajstić information content (AvgIpc) is 3.75. The summed E-state index contributed by atoms with van der Waals surface area (Å²) in [4.78, 5) is 67.5. The van der Waals surface area contributed by atoms with E-state index in [1.807, 2.05) is 0 Å². The molecule has 0 N–H and O–H groups in total. The Balaban J connectivity index is 1.28. The normalized spacial score (nSPS) is 26.0. The number of hydrazine groups is 1. The van der Waals surface area contributed by atoms with Gasteiger partial charge in [-0.3, -0.25) is 19.2 Å². The van der Waals surface area contributed by atoms with E-state index in [2.05, 4.69) is 31.9 Å². The predicted molar refractivity (Wildman–Crippen MR) is 163 cm³/mol. The lowest BCUT2D eigenvalue weighted by molar-refractivity contribution is -0.154. The maximum absolute atomic E-state index is 13.8. The van der Waals surface area contributed by atoms with Gasteiger partial charge < -0.3 is 4.74 Å². The lowest BCUT2D eigenvalue weighted by Crippen LogP contribution is -2.52. The molecule has 0 radical (unpaired) electrons. The first-order chi connectivity index (χ1) is 20.1. The Morgan fingerprint density at radius 1 is 0.905 bits per heavy atom. The Hall–Kier alpha value is -2.57. The number of nitrogens with zero attached hydrogens (tertiary/aromatic N) is 2. The topological polar surface area (TPSA) is 101 Å². The minimum Gasteiger partial charge on any atom is -0.422 e. The van der Waals surface area contributed by atoms with Gasteiger partial charge in [-0.2, -0.15) is 5.01 Å². The standard InChI is InChI=1S/C29H20Br2Cl2N2O6S/c30-24-16-11-17(25(24)31)23-22(16)27(38)35(28(23)39)34(26(37)14-5-8-18(32)19(33)10-14)12-20(36)13-3-6-15(7-4-13)41-29(40)21-2-1-9-42-21/h1-10,16-17,22-25H,11-12H2/t16-,17-,22-,23+,24-,25+/m1/s1. The van der Waals surface area contributed by atoms with Crippen LogP contribution in [0.5, 0.6) is 5.75 Å². The van der Waals surface area contributed by atoms with E-state index in [-0.39, 0.29) is 48.4 Å². The molecule has 1 aliphatic heterocycles. The van der Waals surface area contributed by atoms with Crippen LogP contribution in [0.4, 0.5) is 0 Å². The summed E-state index contributed by atoms with van der Waals surface area (Å²) in [5, 5.41) is 3.84. The van der Waals surface area contributed by atoms with Crippen LogP contribution < -0.4 is 4.74 Å². The lowest BCUT2D eigenvalue weighted by atomic mass is 9.81. The average molecular weight is 755 g/mol. The molecule has 6 rings (SSSR count). The Morgan fingerprint density at radius 3 is 2.10 bits per heavy atom. The molecule has 42 heavy (non-hydrogen) atoms. The minimum atomic E-state index is -0.747. The highest BCUT2D eigenvalue weighted by molar-refractivity contribution is 9.12. The highest BCUT2D eigenvalue weighted by atomic mass is 79.9. The third kappa shape index (κ3) is 5.02. The number of fused-ring (bicyclic) bond motifs is 5. The quantitative estimate of drug-likeness (QED) is 0.0925. The SMILES string of the molecule is O=C(CN(C(=O)c1ccc(Cl)c(Cl)c1)N1C(=O)[C@@H]2[C@H]3C[C@@H]([C@H](Br)[C@@H]3Br)[C@@H]2C1=O)c1ccc(OC(=O)c2cccs2)cc1. The fourth-order valence-electron chi connectivity index (χ4n) is 6.07. The fraction of sp³-hybridized carbons (Fsp3) is 0.276. The molecule has 0 unspecified atom stereocenters. The largest absolute Gasteiger partial charge is 0.422 e. The Morgan fingerprint density at radius 2 is 1.52 bits per heavy atom. The van der Waals surface area contributed by atoms with E-state index in [1.54, 1.807) is 17.5 Å². The number of alkyl halides is 2. The van der Waals surface area contributed by atoms with Crippen LogP contribution in [0.3, 0.4) is 0 Å². The number of carbonyl (C=O) groups excluding carboxylic acids is 5. The van der Waals surface area contributed by atoms with E-state index in [0.717, 1.165) is 16.4 Å². The summed E-state index contributed by atoms with van der Waals surface area (Å²) >= 11 is 20.8. The number of carbonyl (C=O) groups is 5. The van der Waals surface area contributed by atoms with Crippen LogP contribution in [-0.2, 0) is 9.59 Å². The number of esters is 1. The van der Waals surface area contributed by atoms with Crippen LogP contribution in [0, 0.1) is 23.7 Å². The van der Waals surface area contributed by atoms with Gasteiger partial charge in [-0.25, -0.2) is 9.80 Å². The summed E-state index contributed by atoms with van der Waals surface area (Å²) < 4.78 is 5.35. The number of benzene rings is 2. The second kappa shape index (κ2) is 11.5. The van der Waals surface area contributed by atoms with Crippen molar-refractivity contribution in [1.82, 2.24) is 10.0 Å². The number of hydrogen-bond acceptors (Lipinski definition) is 7. The number of hydrogen-bond donors (Lipinski definition) is 0. The number of amides is 3. The molecule has 6 atom stereocenters. The smallest absolute Gasteiger partial charge is 0.353 e. The summed E-state index contributed by atoms with van der Waals surface area (Å²) in [6.45, 7) is -0.588. The van der Waals surface area contributed by atoms with Crippen molar-refractivity contribution in [3.8, 4) is 5.75 Å². The van der Waals surface area contributed by atoms with Crippen LogP contribution >= 0.6 is 66.4 Å². The molecule has 1 aromatic heterocycles. The Kier molecular flexibility index (Phi) is 8.08. The first-order valence-electron chi connectivity index (χ1n) is 12.9. The van der Waals surface area contributed by atoms with Crippen molar-refractivity contribution in [3.05, 3.63) is 86.0 Å². The van der Waals surface area contributed by atoms with E-state index in [0.29, 0.717) is 4.88 Å². The van der Waals surface area contributed by atoms with Crippen molar-refractivity contribution < 1.29 is 28.7 Å². The zero-order chi connectivity index (χ0) is 29.9. The van der Waals surface area contributed by atoms with E-state index in [9.17, 15) is 24.0 Å². The molecule has 2 aromatic carbocycles. The van der Waals surface area contributed by atoms with E-state index >= 15 is 0 Å². The van der Waals surface area contributed by atoms with Crippen LogP contribution in [0.2, 0.25) is 10.0 Å². The molecule has 2 saturated carbocycles. The van der Waals surface area contributed by atoms with Gasteiger partial charge in [-0.15, -0.1) is 11.3 Å². The minimum absolute atomic E-state index is 0.00809. The van der Waals surface area contributed by atoms with Gasteiger partial charge in [-0.1, -0.05) is 61.1 Å². The second-order valence-electron chi connectivity index (χ2n) is 10.3. The molecule has 2 aliphatic carbocycles. The molecular weight excluding hydrogens is 735 g/mol. The maximum Gasteiger partial charge on any atom is 0.353 e. The van der Waals surface area contributed by atoms with Gasteiger partial charge in [0.25, 0.3) is 17.7 Å². The van der Waals surface area contributed by atoms with Crippen molar-refractivity contribution in [2.45, 2.75) is 16.1 Å². The summed E-state index contributed by atoms with van der Waals surface area (Å²) in [5.41, 5.74) is 0.253. The summed E-state index contributed by atoms with van der Waals surface area (Å²) in [7, 11) is 0. The zero-order valence-electron chi connectivity index (χ0n) is 21.4. The van der Waals surface area contributed by atoms with Crippen molar-refractivity contribution in [2.75, 3.05) is 6.54 Å². The first-order valence-corrected chi connectivity index (χ1v) is 16.3. The van der Waals surface area contributed by atoms with Crippen LogP contribution in [0.1, 0.15) is 36.8 Å². The molecule has 3 amide bonds. The molecular formula is C29H20Br2Cl2N2O6S. The number of thiophene rings is 1. The third-order valence-corrected chi connectivity index (χ3v) is 12.8. The number of rotatable bonds is 7. The molecule has 13 heteroatoms. The lowest BCUT2D eigenvalue weighted by Gasteiger charge is -2.31. The predicted octanol–water partition coefficient (Wildman–Crippen LogP) is 6.29. The van der Waals surface area contributed by atoms with Gasteiger partial charge in [0.15, 0.2) is 5.78 Å². The fourth-order valence-corrected chi connectivity index (χ4v) is 8.84. The highest BCUT2D eigenvalue weighted by Gasteiger charge is 2.67. The van der Waals surface area contributed by atoms with Gasteiger partial charge in [0.05, 0.1) is 21.9 Å². The molecule has 3 fully saturated rings. The summed E-state index contributed by atoms with van der Waals surface area (Å²) in [6.07, 6.45) is 0.718. The molecule has 0 spiro atoms. The summed E-state index contributed by atoms with van der Waals surface area (Å²) in [5.74, 6) is -3.90. The first kappa shape index (κ1) is 29.5. The highest BCUT2D eigenvalue weighted by Crippen LogP contribution is 2.60. The third-order valence-electron chi connectivity index (χ3n) is 8.01. The second-order valence-corrected chi connectivity index (χ2v) is 14.2. The number of ether oxygens (including phenoxy) is 1. The molecule has 2 heterocycles. The van der Waals surface area contributed by atoms with Gasteiger partial charge in [0, 0.05) is 20.8 Å². The monoisotopic (exact) mass is 752 g/mol. The van der Waals surface area contributed by atoms with Gasteiger partial charge >= 0.3 is 5.97 Å². The van der Waals surface area contributed by atoms with E-state index in [4.69, 9.17) is 27.9 Å². The molecule has 8 nitrogen and oxygen atoms in total. The van der Waals surface area contributed by atoms with Crippen molar-refractivity contribution in [2.24, 2.45) is 23.7 Å². The van der Waals surface area contributed by atoms with Crippen molar-refractivity contribution >= 4 is 95.9 Å².